The van der Waals surface area contributed by atoms with Crippen molar-refractivity contribution in [3.8, 4) is 0 Å². The van der Waals surface area contributed by atoms with E-state index in [4.69, 9.17) is 10.3 Å². The summed E-state index contributed by atoms with van der Waals surface area (Å²) < 4.78 is 5.05. The molecule has 0 bridgehead atoms. The van der Waals surface area contributed by atoms with Gasteiger partial charge in [0.05, 0.1) is 6.61 Å². The third-order valence-corrected chi connectivity index (χ3v) is 2.49. The van der Waals surface area contributed by atoms with E-state index in [1.165, 1.54) is 0 Å². The molecule has 0 aliphatic heterocycles. The lowest BCUT2D eigenvalue weighted by Gasteiger charge is -2.28. The molecule has 6 heteroatoms. The molecule has 0 heterocycles. The Hall–Kier alpha value is -1.26. The quantitative estimate of drug-likeness (QED) is 0.221. The van der Waals surface area contributed by atoms with Crippen molar-refractivity contribution in [2.24, 2.45) is 5.11 Å². The molecule has 0 aliphatic rings. The largest absolute Gasteiger partial charge is 0.465 e. The Labute approximate surface area is 102 Å². The van der Waals surface area contributed by atoms with Crippen LogP contribution in [0.4, 0.5) is 0 Å². The van der Waals surface area contributed by atoms with Crippen LogP contribution in [0.5, 0.6) is 0 Å². The minimum atomic E-state index is -0.638. The summed E-state index contributed by atoms with van der Waals surface area (Å²) >= 11 is 0. The van der Waals surface area contributed by atoms with E-state index < -0.39 is 5.54 Å². The molecule has 0 fully saturated rings. The predicted octanol–water partition coefficient (Wildman–Crippen LogP) is 2.40. The highest BCUT2D eigenvalue weighted by atomic mass is 16.5. The summed E-state index contributed by atoms with van der Waals surface area (Å²) in [5, 5.41) is 6.63. The molecule has 0 aromatic heterocycles. The fraction of sp³-hybridized carbons (Fsp3) is 0.909. The highest BCUT2D eigenvalue weighted by Crippen LogP contribution is 2.14. The number of nitrogens with zero attached hydrogens (tertiary/aromatic N) is 3. The molecule has 98 valence electrons. The van der Waals surface area contributed by atoms with Crippen molar-refractivity contribution in [1.82, 2.24) is 5.32 Å². The third-order valence-electron chi connectivity index (χ3n) is 2.49. The lowest BCUT2D eigenvalue weighted by Crippen LogP contribution is -2.50. The molecule has 1 atom stereocenters. The maximum atomic E-state index is 11.8. The Morgan fingerprint density at radius 3 is 2.76 bits per heavy atom. The van der Waals surface area contributed by atoms with Crippen LogP contribution in [0.3, 0.4) is 0 Å². The van der Waals surface area contributed by atoms with Crippen LogP contribution in [0, 0.1) is 0 Å². The van der Waals surface area contributed by atoms with Crippen LogP contribution < -0.4 is 5.32 Å². The van der Waals surface area contributed by atoms with Gasteiger partial charge < -0.3 is 10.1 Å². The zero-order chi connectivity index (χ0) is 13.1. The Morgan fingerprint density at radius 1 is 1.53 bits per heavy atom. The van der Waals surface area contributed by atoms with Crippen LogP contribution in [0.2, 0.25) is 0 Å². The van der Waals surface area contributed by atoms with Crippen molar-refractivity contribution < 1.29 is 9.53 Å². The lowest BCUT2D eigenvalue weighted by atomic mass is 9.96. The van der Waals surface area contributed by atoms with Gasteiger partial charge in [0, 0.05) is 11.5 Å². The number of hydrogen-bond acceptors (Lipinski definition) is 4. The van der Waals surface area contributed by atoms with Gasteiger partial charge in [0.15, 0.2) is 0 Å². The summed E-state index contributed by atoms with van der Waals surface area (Å²) in [6.07, 6.45) is 2.34. The SMILES string of the molecule is CCCC(C)(NCCCN=[N+]=[N-])C(=O)OCC. The molecule has 1 N–H and O–H groups in total. The Bertz CT molecular complexity index is 277. The van der Waals surface area contributed by atoms with Crippen molar-refractivity contribution in [2.75, 3.05) is 19.7 Å². The fourth-order valence-corrected chi connectivity index (χ4v) is 1.61. The van der Waals surface area contributed by atoms with Crippen LogP contribution in [-0.4, -0.2) is 31.2 Å². The Balaban J connectivity index is 4.19. The first-order chi connectivity index (χ1) is 8.10. The van der Waals surface area contributed by atoms with Gasteiger partial charge in [-0.3, -0.25) is 4.79 Å². The van der Waals surface area contributed by atoms with E-state index in [0.717, 1.165) is 12.8 Å². The number of rotatable bonds is 9. The number of hydrogen-bond donors (Lipinski definition) is 1. The topological polar surface area (TPSA) is 87.1 Å². The average molecular weight is 242 g/mol. The van der Waals surface area contributed by atoms with Gasteiger partial charge in [-0.15, -0.1) is 0 Å². The van der Waals surface area contributed by atoms with Crippen molar-refractivity contribution in [1.29, 1.82) is 0 Å². The average Bonchev–Trinajstić information content (AvgIpc) is 2.29. The number of carbonyl (C=O) groups excluding carboxylic acids is 1. The van der Waals surface area contributed by atoms with Gasteiger partial charge in [-0.25, -0.2) is 0 Å². The van der Waals surface area contributed by atoms with Crippen LogP contribution >= 0.6 is 0 Å². The number of esters is 1. The van der Waals surface area contributed by atoms with Gasteiger partial charge in [0.2, 0.25) is 0 Å². The summed E-state index contributed by atoms with van der Waals surface area (Å²) in [6.45, 7) is 7.13. The first kappa shape index (κ1) is 15.7. The second-order valence-electron chi connectivity index (χ2n) is 4.04. The van der Waals surface area contributed by atoms with E-state index in [0.29, 0.717) is 26.1 Å². The highest BCUT2D eigenvalue weighted by molar-refractivity contribution is 5.80. The van der Waals surface area contributed by atoms with Crippen molar-refractivity contribution >= 4 is 5.97 Å². The molecule has 0 aliphatic carbocycles. The molecule has 17 heavy (non-hydrogen) atoms. The molecular formula is C11H22N4O2. The van der Waals surface area contributed by atoms with Crippen LogP contribution in [0.1, 0.15) is 40.0 Å². The van der Waals surface area contributed by atoms with Gasteiger partial charge in [0.1, 0.15) is 5.54 Å². The first-order valence-electron chi connectivity index (χ1n) is 6.03. The summed E-state index contributed by atoms with van der Waals surface area (Å²) in [5.41, 5.74) is 7.49. The van der Waals surface area contributed by atoms with Crippen LogP contribution in [0.15, 0.2) is 5.11 Å². The third kappa shape index (κ3) is 6.14. The highest BCUT2D eigenvalue weighted by Gasteiger charge is 2.32. The van der Waals surface area contributed by atoms with E-state index in [-0.39, 0.29) is 5.97 Å². The summed E-state index contributed by atoms with van der Waals surface area (Å²) in [5.74, 6) is -0.217. The molecule has 0 rings (SSSR count). The molecule has 1 unspecified atom stereocenters. The number of ether oxygens (including phenoxy) is 1. The molecule has 0 saturated heterocycles. The number of azide groups is 1. The Morgan fingerprint density at radius 2 is 2.24 bits per heavy atom. The van der Waals surface area contributed by atoms with Crippen LogP contribution in [0.25, 0.3) is 10.4 Å². The zero-order valence-corrected chi connectivity index (χ0v) is 10.9. The smallest absolute Gasteiger partial charge is 0.326 e. The standard InChI is InChI=1S/C11H22N4O2/c1-4-7-11(3,10(16)17-5-2)13-8-6-9-14-15-12/h13H,4-9H2,1-3H3. The molecular weight excluding hydrogens is 220 g/mol. The van der Waals surface area contributed by atoms with E-state index in [2.05, 4.69) is 15.3 Å². The maximum Gasteiger partial charge on any atom is 0.326 e. The molecule has 6 nitrogen and oxygen atoms in total. The normalized spacial score (nSPS) is 13.6. The minimum absolute atomic E-state index is 0.217. The lowest BCUT2D eigenvalue weighted by molar-refractivity contribution is -0.150. The summed E-state index contributed by atoms with van der Waals surface area (Å²) in [6, 6.07) is 0. The molecule has 0 aromatic rings. The first-order valence-corrected chi connectivity index (χ1v) is 6.03. The van der Waals surface area contributed by atoms with E-state index in [9.17, 15) is 4.79 Å². The van der Waals surface area contributed by atoms with Crippen molar-refractivity contribution in [3.05, 3.63) is 10.4 Å². The van der Waals surface area contributed by atoms with Gasteiger partial charge in [-0.05, 0) is 38.8 Å². The molecule has 0 spiro atoms. The molecule has 0 saturated carbocycles. The maximum absolute atomic E-state index is 11.8. The van der Waals surface area contributed by atoms with Crippen molar-refractivity contribution in [3.63, 3.8) is 0 Å². The summed E-state index contributed by atoms with van der Waals surface area (Å²) in [7, 11) is 0. The second-order valence-corrected chi connectivity index (χ2v) is 4.04. The second kappa shape index (κ2) is 8.84. The van der Waals surface area contributed by atoms with Crippen LogP contribution in [-0.2, 0) is 9.53 Å². The van der Waals surface area contributed by atoms with Gasteiger partial charge in [-0.2, -0.15) is 0 Å². The monoisotopic (exact) mass is 242 g/mol. The number of nitrogens with one attached hydrogen (secondary N) is 1. The fourth-order valence-electron chi connectivity index (χ4n) is 1.61. The van der Waals surface area contributed by atoms with E-state index >= 15 is 0 Å². The van der Waals surface area contributed by atoms with Gasteiger partial charge in [-0.1, -0.05) is 18.5 Å². The minimum Gasteiger partial charge on any atom is -0.465 e. The molecule has 0 radical (unpaired) electrons. The molecule has 0 aromatic carbocycles. The molecule has 0 amide bonds. The van der Waals surface area contributed by atoms with Gasteiger partial charge in [0.25, 0.3) is 0 Å². The van der Waals surface area contributed by atoms with E-state index in [1.54, 1.807) is 6.92 Å². The number of carbonyl (C=O) groups is 1. The Kier molecular flexibility index (Phi) is 8.19. The zero-order valence-electron chi connectivity index (χ0n) is 10.9. The van der Waals surface area contributed by atoms with E-state index in [1.807, 2.05) is 13.8 Å². The van der Waals surface area contributed by atoms with Crippen molar-refractivity contribution in [2.45, 2.75) is 45.6 Å². The predicted molar refractivity (Wildman–Crippen MR) is 66.6 cm³/mol. The van der Waals surface area contributed by atoms with Gasteiger partial charge >= 0.3 is 5.97 Å². The summed E-state index contributed by atoms with van der Waals surface area (Å²) in [4.78, 5) is 14.5.